The first-order valence-corrected chi connectivity index (χ1v) is 6.01. The van der Waals surface area contributed by atoms with Crippen molar-refractivity contribution in [3.8, 4) is 0 Å². The number of carbonyl (C=O) groups excluding carboxylic acids is 1. The van der Waals surface area contributed by atoms with Crippen LogP contribution < -0.4 is 0 Å². The molecule has 0 aromatic rings. The molecule has 0 saturated carbocycles. The Morgan fingerprint density at radius 3 is 2.85 bits per heavy atom. The summed E-state index contributed by atoms with van der Waals surface area (Å²) >= 11 is 0. The molecule has 0 spiro atoms. The second kappa shape index (κ2) is 5.39. The summed E-state index contributed by atoms with van der Waals surface area (Å²) in [5, 5.41) is 0. The number of hydrogen-bond acceptors (Lipinski definition) is 1. The molecule has 0 aromatic carbocycles. The van der Waals surface area contributed by atoms with Gasteiger partial charge in [0.05, 0.1) is 0 Å². The Labute approximate surface area is 82.2 Å². The lowest BCUT2D eigenvalue weighted by Crippen LogP contribution is -2.14. The number of hydrogen-bond donors (Lipinski definition) is 0. The zero-order valence-corrected chi connectivity index (χ0v) is 9.47. The van der Waals surface area contributed by atoms with Gasteiger partial charge in [0.15, 0.2) is 0 Å². The van der Waals surface area contributed by atoms with Crippen molar-refractivity contribution in [1.82, 2.24) is 4.67 Å². The monoisotopic (exact) mass is 199 g/mol. The average molecular weight is 199 g/mol. The minimum absolute atomic E-state index is 0.184. The van der Waals surface area contributed by atoms with Crippen molar-refractivity contribution in [1.29, 1.82) is 0 Å². The minimum Gasteiger partial charge on any atom is -0.328 e. The first-order valence-electron chi connectivity index (χ1n) is 4.86. The Bertz CT molecular complexity index is 213. The molecule has 1 amide bonds. The minimum atomic E-state index is 0.184. The number of unbranched alkanes of at least 4 members (excludes halogenated alkanes) is 1. The summed E-state index contributed by atoms with van der Waals surface area (Å²) in [6, 6.07) is 0. The first-order chi connectivity index (χ1) is 6.20. The van der Waals surface area contributed by atoms with E-state index in [0.717, 1.165) is 0 Å². The third-order valence-corrected chi connectivity index (χ3v) is 3.61. The zero-order chi connectivity index (χ0) is 9.68. The van der Waals surface area contributed by atoms with E-state index in [9.17, 15) is 4.79 Å². The molecule has 0 radical (unpaired) electrons. The molecule has 0 N–H and O–H groups in total. The highest BCUT2D eigenvalue weighted by Gasteiger charge is 2.06. The molecule has 0 aliphatic heterocycles. The van der Waals surface area contributed by atoms with Gasteiger partial charge in [0.2, 0.25) is 5.91 Å². The molecule has 1 atom stereocenters. The van der Waals surface area contributed by atoms with Crippen LogP contribution in [0, 0.1) is 0 Å². The number of carbonyl (C=O) groups is 1. The van der Waals surface area contributed by atoms with Crippen LogP contribution in [0.25, 0.3) is 0 Å². The largest absolute Gasteiger partial charge is 0.328 e. The molecular formula is C10H18NOP. The van der Waals surface area contributed by atoms with Crippen LogP contribution in [0.5, 0.6) is 0 Å². The fourth-order valence-corrected chi connectivity index (χ4v) is 2.08. The predicted molar refractivity (Wildman–Crippen MR) is 58.2 cm³/mol. The fraction of sp³-hybridized carbons (Fsp3) is 0.700. The molecule has 3 heteroatoms. The second-order valence-corrected chi connectivity index (χ2v) is 5.00. The van der Waals surface area contributed by atoms with E-state index in [4.69, 9.17) is 0 Å². The molecule has 1 aliphatic carbocycles. The van der Waals surface area contributed by atoms with E-state index >= 15 is 0 Å². The molecule has 0 saturated heterocycles. The van der Waals surface area contributed by atoms with Crippen LogP contribution in [0.1, 0.15) is 32.6 Å². The average Bonchev–Trinajstić information content (AvgIpc) is 2.87. The van der Waals surface area contributed by atoms with E-state index < -0.39 is 0 Å². The third kappa shape index (κ3) is 5.05. The quantitative estimate of drug-likeness (QED) is 0.366. The molecule has 1 aliphatic rings. The summed E-state index contributed by atoms with van der Waals surface area (Å²) in [7, 11) is 2.55. The van der Waals surface area contributed by atoms with Gasteiger partial charge in [-0.3, -0.25) is 4.79 Å². The van der Waals surface area contributed by atoms with Gasteiger partial charge in [-0.25, -0.2) is 0 Å². The molecule has 0 heterocycles. The molecule has 1 rings (SSSR count). The summed E-state index contributed by atoms with van der Waals surface area (Å²) < 4.78 is 1.82. The van der Waals surface area contributed by atoms with Gasteiger partial charge in [0, 0.05) is 14.0 Å². The van der Waals surface area contributed by atoms with Gasteiger partial charge in [0.25, 0.3) is 0 Å². The molecular weight excluding hydrogens is 181 g/mol. The maximum atomic E-state index is 10.8. The highest BCUT2D eigenvalue weighted by atomic mass is 31.1. The van der Waals surface area contributed by atoms with E-state index in [1.807, 2.05) is 11.7 Å². The van der Waals surface area contributed by atoms with Crippen molar-refractivity contribution >= 4 is 14.6 Å². The van der Waals surface area contributed by atoms with Crippen LogP contribution in [0.4, 0.5) is 0 Å². The van der Waals surface area contributed by atoms with Gasteiger partial charge in [-0.05, 0) is 40.6 Å². The van der Waals surface area contributed by atoms with E-state index in [-0.39, 0.29) is 5.91 Å². The van der Waals surface area contributed by atoms with E-state index in [1.165, 1.54) is 31.8 Å². The summed E-state index contributed by atoms with van der Waals surface area (Å²) in [5.41, 5.74) is 1.63. The molecule has 0 fully saturated rings. The van der Waals surface area contributed by atoms with Gasteiger partial charge in [-0.1, -0.05) is 11.6 Å². The molecule has 0 aromatic heterocycles. The number of allylic oxidation sites excluding steroid dienone is 2. The topological polar surface area (TPSA) is 20.3 Å². The SMILES string of the molecule is CC(=O)N(C)PCCCCC1=CC1. The second-order valence-electron chi connectivity index (χ2n) is 3.51. The summed E-state index contributed by atoms with van der Waals surface area (Å²) in [6.45, 7) is 1.63. The smallest absolute Gasteiger partial charge is 0.222 e. The Kier molecular flexibility index (Phi) is 4.44. The van der Waals surface area contributed by atoms with Crippen LogP contribution in [0.15, 0.2) is 11.6 Å². The van der Waals surface area contributed by atoms with Crippen LogP contribution in [0.2, 0.25) is 0 Å². The molecule has 74 valence electrons. The predicted octanol–water partition coefficient (Wildman–Crippen LogP) is 2.56. The maximum absolute atomic E-state index is 10.8. The van der Waals surface area contributed by atoms with E-state index in [2.05, 4.69) is 6.08 Å². The summed E-state index contributed by atoms with van der Waals surface area (Å²) in [4.78, 5) is 10.8. The van der Waals surface area contributed by atoms with Crippen LogP contribution in [0.3, 0.4) is 0 Å². The van der Waals surface area contributed by atoms with E-state index in [0.29, 0.717) is 8.73 Å². The lowest BCUT2D eigenvalue weighted by atomic mass is 10.2. The summed E-state index contributed by atoms with van der Waals surface area (Å²) in [6.07, 6.45) is 8.56. The molecule has 2 nitrogen and oxygen atoms in total. The lowest BCUT2D eigenvalue weighted by molar-refractivity contribution is -0.123. The number of amides is 1. The standard InChI is InChI=1S/C10H18NOP/c1-9(12)11(2)13-8-4-3-5-10-6-7-10/h6,13H,3-5,7-8H2,1-2H3. The number of nitrogens with zero attached hydrogens (tertiary/aromatic N) is 1. The van der Waals surface area contributed by atoms with Gasteiger partial charge in [-0.2, -0.15) is 0 Å². The van der Waals surface area contributed by atoms with Gasteiger partial charge >= 0.3 is 0 Å². The van der Waals surface area contributed by atoms with Crippen molar-refractivity contribution in [2.45, 2.75) is 32.6 Å². The van der Waals surface area contributed by atoms with Gasteiger partial charge < -0.3 is 4.67 Å². The zero-order valence-electron chi connectivity index (χ0n) is 8.47. The summed E-state index contributed by atoms with van der Waals surface area (Å²) in [5.74, 6) is 0.184. The molecule has 13 heavy (non-hydrogen) atoms. The van der Waals surface area contributed by atoms with Crippen molar-refractivity contribution in [3.63, 3.8) is 0 Å². The highest BCUT2D eigenvalue weighted by molar-refractivity contribution is 7.36. The highest BCUT2D eigenvalue weighted by Crippen LogP contribution is 2.25. The molecule has 1 unspecified atom stereocenters. The molecule has 0 bridgehead atoms. The van der Waals surface area contributed by atoms with Crippen LogP contribution >= 0.6 is 8.73 Å². The van der Waals surface area contributed by atoms with Crippen LogP contribution in [-0.2, 0) is 4.79 Å². The number of rotatable bonds is 6. The Balaban J connectivity index is 1.87. The van der Waals surface area contributed by atoms with Gasteiger partial charge in [0.1, 0.15) is 0 Å². The Morgan fingerprint density at radius 2 is 2.31 bits per heavy atom. The van der Waals surface area contributed by atoms with Crippen molar-refractivity contribution < 1.29 is 4.79 Å². The Morgan fingerprint density at radius 1 is 1.62 bits per heavy atom. The lowest BCUT2D eigenvalue weighted by Gasteiger charge is -2.13. The van der Waals surface area contributed by atoms with Crippen molar-refractivity contribution in [2.24, 2.45) is 0 Å². The third-order valence-electron chi connectivity index (χ3n) is 2.24. The van der Waals surface area contributed by atoms with Crippen molar-refractivity contribution in [2.75, 3.05) is 13.2 Å². The first kappa shape index (κ1) is 10.7. The normalized spacial score (nSPS) is 14.8. The van der Waals surface area contributed by atoms with Gasteiger partial charge in [-0.15, -0.1) is 0 Å². The Hall–Kier alpha value is -0.360. The van der Waals surface area contributed by atoms with Crippen molar-refractivity contribution in [3.05, 3.63) is 11.6 Å². The van der Waals surface area contributed by atoms with E-state index in [1.54, 1.807) is 12.5 Å². The maximum Gasteiger partial charge on any atom is 0.222 e. The van der Waals surface area contributed by atoms with Crippen LogP contribution in [-0.4, -0.2) is 23.8 Å². The fourth-order valence-electron chi connectivity index (χ4n) is 1.11.